The molecule has 6 nitrogen and oxygen atoms in total. The summed E-state index contributed by atoms with van der Waals surface area (Å²) in [6.45, 7) is 2.97. The van der Waals surface area contributed by atoms with Crippen LogP contribution in [0.4, 0.5) is 5.69 Å². The SMILES string of the molecule is Cc1cccc(NC(=O)COC(=O)CNC(=O)c2ccc(Cl)cc2Cl)c1C. The van der Waals surface area contributed by atoms with Crippen LogP contribution in [0.2, 0.25) is 10.0 Å². The molecular weight excluding hydrogens is 391 g/mol. The molecular formula is C19H18Cl2N2O4. The van der Waals surface area contributed by atoms with Crippen LogP contribution < -0.4 is 10.6 Å². The zero-order valence-electron chi connectivity index (χ0n) is 14.8. The fourth-order valence-electron chi connectivity index (χ4n) is 2.19. The molecule has 0 bridgehead atoms. The summed E-state index contributed by atoms with van der Waals surface area (Å²) in [7, 11) is 0. The third-order valence-corrected chi connectivity index (χ3v) is 4.36. The molecule has 0 atom stereocenters. The van der Waals surface area contributed by atoms with E-state index in [1.54, 1.807) is 6.07 Å². The van der Waals surface area contributed by atoms with Crippen molar-refractivity contribution < 1.29 is 19.1 Å². The molecule has 2 N–H and O–H groups in total. The normalized spacial score (nSPS) is 10.2. The Morgan fingerprint density at radius 1 is 1.07 bits per heavy atom. The van der Waals surface area contributed by atoms with Crippen LogP contribution >= 0.6 is 23.2 Å². The number of rotatable bonds is 6. The number of hydrogen-bond donors (Lipinski definition) is 2. The molecule has 2 amide bonds. The Bertz CT molecular complexity index is 884. The standard InChI is InChI=1S/C19H18Cl2N2O4/c1-11-4-3-5-16(12(11)2)23-17(24)10-27-18(25)9-22-19(26)14-7-6-13(20)8-15(14)21/h3-8H,9-10H2,1-2H3,(H,22,26)(H,23,24). The molecule has 0 saturated heterocycles. The summed E-state index contributed by atoms with van der Waals surface area (Å²) in [6, 6.07) is 9.90. The molecule has 0 aromatic heterocycles. The third-order valence-electron chi connectivity index (χ3n) is 3.81. The van der Waals surface area contributed by atoms with Gasteiger partial charge in [-0.2, -0.15) is 0 Å². The number of esters is 1. The number of anilines is 1. The molecule has 0 spiro atoms. The number of benzene rings is 2. The van der Waals surface area contributed by atoms with Crippen molar-refractivity contribution in [3.8, 4) is 0 Å². The third kappa shape index (κ3) is 5.98. The van der Waals surface area contributed by atoms with E-state index in [1.165, 1.54) is 18.2 Å². The molecule has 0 aliphatic carbocycles. The van der Waals surface area contributed by atoms with Crippen molar-refractivity contribution in [2.45, 2.75) is 13.8 Å². The van der Waals surface area contributed by atoms with Crippen molar-refractivity contribution >= 4 is 46.7 Å². The zero-order valence-corrected chi connectivity index (χ0v) is 16.3. The molecule has 2 rings (SSSR count). The molecule has 8 heteroatoms. The van der Waals surface area contributed by atoms with Crippen molar-refractivity contribution in [2.75, 3.05) is 18.5 Å². The van der Waals surface area contributed by atoms with Crippen molar-refractivity contribution in [1.29, 1.82) is 0 Å². The second-order valence-electron chi connectivity index (χ2n) is 5.76. The van der Waals surface area contributed by atoms with Gasteiger partial charge in [0.15, 0.2) is 6.61 Å². The molecule has 0 saturated carbocycles. The number of carbonyl (C=O) groups excluding carboxylic acids is 3. The first-order chi connectivity index (χ1) is 12.8. The van der Waals surface area contributed by atoms with E-state index in [4.69, 9.17) is 27.9 Å². The maximum Gasteiger partial charge on any atom is 0.325 e. The van der Waals surface area contributed by atoms with Crippen LogP contribution in [0.15, 0.2) is 36.4 Å². The number of hydrogen-bond acceptors (Lipinski definition) is 4. The van der Waals surface area contributed by atoms with Crippen LogP contribution in [-0.4, -0.2) is 30.9 Å². The van der Waals surface area contributed by atoms with E-state index in [2.05, 4.69) is 10.6 Å². The minimum atomic E-state index is -0.746. The lowest BCUT2D eigenvalue weighted by Gasteiger charge is -2.11. The van der Waals surface area contributed by atoms with Gasteiger partial charge in [-0.25, -0.2) is 0 Å². The summed E-state index contributed by atoms with van der Waals surface area (Å²) < 4.78 is 4.86. The Hall–Kier alpha value is -2.57. The van der Waals surface area contributed by atoms with Gasteiger partial charge in [0.05, 0.1) is 10.6 Å². The van der Waals surface area contributed by atoms with Crippen molar-refractivity contribution in [3.05, 3.63) is 63.1 Å². The maximum absolute atomic E-state index is 12.0. The Labute approximate surface area is 166 Å². The highest BCUT2D eigenvalue weighted by Crippen LogP contribution is 2.20. The van der Waals surface area contributed by atoms with Gasteiger partial charge in [0.25, 0.3) is 11.8 Å². The largest absolute Gasteiger partial charge is 0.454 e. The second-order valence-corrected chi connectivity index (χ2v) is 6.61. The molecule has 2 aromatic rings. The lowest BCUT2D eigenvalue weighted by atomic mass is 10.1. The molecule has 27 heavy (non-hydrogen) atoms. The molecule has 0 heterocycles. The highest BCUT2D eigenvalue weighted by molar-refractivity contribution is 6.36. The van der Waals surface area contributed by atoms with Crippen LogP contribution in [0, 0.1) is 13.8 Å². The predicted octanol–water partition coefficient (Wildman–Crippen LogP) is 3.52. The Balaban J connectivity index is 1.79. The van der Waals surface area contributed by atoms with Gasteiger partial charge in [-0.15, -0.1) is 0 Å². The minimum Gasteiger partial charge on any atom is -0.454 e. The Kier molecular flexibility index (Phi) is 7.21. The summed E-state index contributed by atoms with van der Waals surface area (Å²) >= 11 is 11.7. The summed E-state index contributed by atoms with van der Waals surface area (Å²) in [6.07, 6.45) is 0. The average molecular weight is 409 g/mol. The Morgan fingerprint density at radius 2 is 1.81 bits per heavy atom. The van der Waals surface area contributed by atoms with Gasteiger partial charge in [-0.3, -0.25) is 14.4 Å². The van der Waals surface area contributed by atoms with Gasteiger partial charge < -0.3 is 15.4 Å². The van der Waals surface area contributed by atoms with Gasteiger partial charge in [-0.1, -0.05) is 35.3 Å². The van der Waals surface area contributed by atoms with E-state index in [9.17, 15) is 14.4 Å². The van der Waals surface area contributed by atoms with Crippen LogP contribution in [0.3, 0.4) is 0 Å². The second kappa shape index (κ2) is 9.39. The fourth-order valence-corrected chi connectivity index (χ4v) is 2.69. The fraction of sp³-hybridized carbons (Fsp3) is 0.211. The zero-order chi connectivity index (χ0) is 20.0. The average Bonchev–Trinajstić information content (AvgIpc) is 2.62. The molecule has 0 aliphatic heterocycles. The van der Waals surface area contributed by atoms with E-state index in [1.807, 2.05) is 26.0 Å². The molecule has 142 valence electrons. The molecule has 0 fully saturated rings. The van der Waals surface area contributed by atoms with Gasteiger partial charge >= 0.3 is 5.97 Å². The quantitative estimate of drug-likeness (QED) is 0.716. The van der Waals surface area contributed by atoms with Crippen LogP contribution in [-0.2, 0) is 14.3 Å². The van der Waals surface area contributed by atoms with Gasteiger partial charge in [0, 0.05) is 10.7 Å². The number of aryl methyl sites for hydroxylation is 1. The summed E-state index contributed by atoms with van der Waals surface area (Å²) in [5, 5.41) is 5.61. The molecule has 0 aliphatic rings. The van der Waals surface area contributed by atoms with Crippen LogP contribution in [0.25, 0.3) is 0 Å². The van der Waals surface area contributed by atoms with Crippen LogP contribution in [0.5, 0.6) is 0 Å². The maximum atomic E-state index is 12.0. The smallest absolute Gasteiger partial charge is 0.325 e. The monoisotopic (exact) mass is 408 g/mol. The Morgan fingerprint density at radius 3 is 2.52 bits per heavy atom. The first-order valence-electron chi connectivity index (χ1n) is 8.03. The first-order valence-corrected chi connectivity index (χ1v) is 8.78. The number of amides is 2. The van der Waals surface area contributed by atoms with Crippen molar-refractivity contribution in [2.24, 2.45) is 0 Å². The van der Waals surface area contributed by atoms with E-state index in [0.717, 1.165) is 11.1 Å². The lowest BCUT2D eigenvalue weighted by Crippen LogP contribution is -2.32. The van der Waals surface area contributed by atoms with Crippen molar-refractivity contribution in [1.82, 2.24) is 5.32 Å². The minimum absolute atomic E-state index is 0.168. The van der Waals surface area contributed by atoms with Gasteiger partial charge in [0.1, 0.15) is 6.54 Å². The van der Waals surface area contributed by atoms with E-state index in [-0.39, 0.29) is 10.6 Å². The van der Waals surface area contributed by atoms with Gasteiger partial charge in [0.2, 0.25) is 0 Å². The first kappa shape index (κ1) is 20.7. The molecule has 0 radical (unpaired) electrons. The number of nitrogens with one attached hydrogen (secondary N) is 2. The summed E-state index contributed by atoms with van der Waals surface area (Å²) in [4.78, 5) is 35.6. The number of halogens is 2. The molecule has 2 aromatic carbocycles. The summed E-state index contributed by atoms with van der Waals surface area (Å²) in [5.74, 6) is -1.76. The van der Waals surface area contributed by atoms with Gasteiger partial charge in [-0.05, 0) is 49.2 Å². The highest BCUT2D eigenvalue weighted by atomic mass is 35.5. The van der Waals surface area contributed by atoms with E-state index < -0.39 is 30.9 Å². The van der Waals surface area contributed by atoms with Crippen molar-refractivity contribution in [3.63, 3.8) is 0 Å². The summed E-state index contributed by atoms with van der Waals surface area (Å²) in [5.41, 5.74) is 2.81. The number of carbonyl (C=O) groups is 3. The predicted molar refractivity (Wildman–Crippen MR) is 104 cm³/mol. The highest BCUT2D eigenvalue weighted by Gasteiger charge is 2.14. The van der Waals surface area contributed by atoms with E-state index in [0.29, 0.717) is 10.7 Å². The lowest BCUT2D eigenvalue weighted by molar-refractivity contribution is -0.146. The van der Waals surface area contributed by atoms with E-state index >= 15 is 0 Å². The number of ether oxygens (including phenoxy) is 1. The van der Waals surface area contributed by atoms with Crippen LogP contribution in [0.1, 0.15) is 21.5 Å². The topological polar surface area (TPSA) is 84.5 Å². The molecule has 0 unspecified atom stereocenters.